The number of halogens is 3. The Kier molecular flexibility index (Phi) is 7.09. The standard InChI is InChI=1S/C19H20Cl3N3O6S/c1-17(2)12(13(27)30-8-11-6-4-3-5-7-11)25-14(28)19(23-10-26,15(25)32-17)24-16(29)31-18(21,22)9-20/h3-7,10,12,15H,8-9H2,1-2H3,(H,23,26)(H,24,29)/t12-,15+,19+/m0/s1. The Labute approximate surface area is 203 Å². The number of hydrogen-bond acceptors (Lipinski definition) is 7. The van der Waals surface area contributed by atoms with Crippen molar-refractivity contribution in [2.24, 2.45) is 0 Å². The Hall–Kier alpha value is -1.88. The normalized spacial score (nSPS) is 25.9. The van der Waals surface area contributed by atoms with Crippen LogP contribution in [0.5, 0.6) is 0 Å². The Morgan fingerprint density at radius 3 is 2.53 bits per heavy atom. The van der Waals surface area contributed by atoms with Gasteiger partial charge in [-0.1, -0.05) is 53.5 Å². The Morgan fingerprint density at radius 2 is 1.94 bits per heavy atom. The summed E-state index contributed by atoms with van der Waals surface area (Å²) in [6, 6.07) is 8.15. The summed E-state index contributed by atoms with van der Waals surface area (Å²) in [6.45, 7) is 3.56. The molecule has 3 amide bonds. The minimum Gasteiger partial charge on any atom is -0.459 e. The van der Waals surface area contributed by atoms with Crippen molar-refractivity contribution >= 4 is 70.9 Å². The highest BCUT2D eigenvalue weighted by atomic mass is 35.5. The molecule has 0 radical (unpaired) electrons. The highest BCUT2D eigenvalue weighted by Gasteiger charge is 2.73. The lowest BCUT2D eigenvalue weighted by atomic mass is 9.91. The first kappa shape index (κ1) is 24.8. The van der Waals surface area contributed by atoms with Crippen molar-refractivity contribution in [2.75, 3.05) is 5.88 Å². The van der Waals surface area contributed by atoms with E-state index in [4.69, 9.17) is 44.3 Å². The van der Waals surface area contributed by atoms with Gasteiger partial charge in [0.05, 0.1) is 5.88 Å². The van der Waals surface area contributed by atoms with Gasteiger partial charge in [0.2, 0.25) is 12.1 Å². The molecule has 13 heteroatoms. The zero-order valence-electron chi connectivity index (χ0n) is 17.0. The van der Waals surface area contributed by atoms with Gasteiger partial charge in [-0.15, -0.1) is 23.4 Å². The van der Waals surface area contributed by atoms with Crippen molar-refractivity contribution in [1.29, 1.82) is 0 Å². The van der Waals surface area contributed by atoms with Crippen molar-refractivity contribution < 1.29 is 28.7 Å². The summed E-state index contributed by atoms with van der Waals surface area (Å²) in [5, 5.41) is 3.82. The summed E-state index contributed by atoms with van der Waals surface area (Å²) in [5.41, 5.74) is -1.06. The fourth-order valence-electron chi connectivity index (χ4n) is 3.57. The summed E-state index contributed by atoms with van der Waals surface area (Å²) >= 11 is 18.2. The topological polar surface area (TPSA) is 114 Å². The van der Waals surface area contributed by atoms with Crippen LogP contribution in [-0.4, -0.2) is 61.5 Å². The van der Waals surface area contributed by atoms with Crippen LogP contribution < -0.4 is 10.6 Å². The lowest BCUT2D eigenvalue weighted by Gasteiger charge is -2.52. The number of fused-ring (bicyclic) bond motifs is 1. The molecule has 0 saturated carbocycles. The third-order valence-corrected chi connectivity index (χ3v) is 7.68. The Bertz CT molecular complexity index is 919. The van der Waals surface area contributed by atoms with Crippen molar-refractivity contribution in [3.05, 3.63) is 35.9 Å². The number of ether oxygens (including phenoxy) is 2. The van der Waals surface area contributed by atoms with Crippen LogP contribution in [0.25, 0.3) is 0 Å². The van der Waals surface area contributed by atoms with Gasteiger partial charge in [0.15, 0.2) is 0 Å². The maximum absolute atomic E-state index is 13.1. The van der Waals surface area contributed by atoms with Gasteiger partial charge >= 0.3 is 12.1 Å². The minimum absolute atomic E-state index is 0.0396. The zero-order chi connectivity index (χ0) is 23.7. The van der Waals surface area contributed by atoms with Gasteiger partial charge in [-0.2, -0.15) is 0 Å². The molecule has 0 aliphatic carbocycles. The van der Waals surface area contributed by atoms with E-state index in [-0.39, 0.29) is 13.0 Å². The molecule has 1 aromatic carbocycles. The van der Waals surface area contributed by atoms with Crippen molar-refractivity contribution in [3.8, 4) is 0 Å². The fourth-order valence-corrected chi connectivity index (χ4v) is 5.42. The Balaban J connectivity index is 1.77. The van der Waals surface area contributed by atoms with E-state index in [1.807, 2.05) is 30.3 Å². The third-order valence-electron chi connectivity index (χ3n) is 4.98. The summed E-state index contributed by atoms with van der Waals surface area (Å²) < 4.78 is 7.42. The van der Waals surface area contributed by atoms with Crippen LogP contribution in [0.15, 0.2) is 30.3 Å². The molecule has 9 nitrogen and oxygen atoms in total. The number of carbonyl (C=O) groups excluding carboxylic acids is 4. The number of esters is 1. The first-order valence-corrected chi connectivity index (χ1v) is 11.5. The molecule has 3 atom stereocenters. The SMILES string of the molecule is CC1(C)S[C@H]2N(C(=O)[C@@]2(NC=O)NC(=O)OC(Cl)(Cl)CCl)[C@H]1C(=O)OCc1ccccc1. The number of hydrogen-bond donors (Lipinski definition) is 2. The van der Waals surface area contributed by atoms with E-state index < -0.39 is 50.2 Å². The molecular formula is C19H20Cl3N3O6S. The van der Waals surface area contributed by atoms with E-state index in [0.717, 1.165) is 5.56 Å². The molecular weight excluding hydrogens is 505 g/mol. The lowest BCUT2D eigenvalue weighted by molar-refractivity contribution is -0.173. The number of β-lactam (4-membered cyclic amide) rings is 1. The smallest absolute Gasteiger partial charge is 0.412 e. The van der Waals surface area contributed by atoms with E-state index in [1.54, 1.807) is 13.8 Å². The molecule has 174 valence electrons. The fraction of sp³-hybridized carbons (Fsp3) is 0.474. The number of nitrogens with one attached hydrogen (secondary N) is 2. The predicted molar refractivity (Wildman–Crippen MR) is 119 cm³/mol. The van der Waals surface area contributed by atoms with Crippen LogP contribution in [0.1, 0.15) is 19.4 Å². The molecule has 0 spiro atoms. The molecule has 3 rings (SSSR count). The molecule has 2 aliphatic rings. The van der Waals surface area contributed by atoms with Crippen molar-refractivity contribution in [1.82, 2.24) is 15.5 Å². The quantitative estimate of drug-likeness (QED) is 0.176. The monoisotopic (exact) mass is 523 g/mol. The van der Waals surface area contributed by atoms with E-state index in [1.165, 1.54) is 16.7 Å². The molecule has 0 bridgehead atoms. The second kappa shape index (κ2) is 9.17. The molecule has 2 saturated heterocycles. The maximum atomic E-state index is 13.1. The van der Waals surface area contributed by atoms with Gasteiger partial charge in [0.25, 0.3) is 10.4 Å². The number of nitrogens with zero attached hydrogens (tertiary/aromatic N) is 1. The van der Waals surface area contributed by atoms with Gasteiger partial charge in [-0.05, 0) is 19.4 Å². The Morgan fingerprint density at radius 1 is 1.28 bits per heavy atom. The van der Waals surface area contributed by atoms with Crippen LogP contribution >= 0.6 is 46.6 Å². The summed E-state index contributed by atoms with van der Waals surface area (Å²) in [6.07, 6.45) is -0.910. The van der Waals surface area contributed by atoms with Crippen molar-refractivity contribution in [3.63, 3.8) is 0 Å². The van der Waals surface area contributed by atoms with E-state index in [9.17, 15) is 19.2 Å². The van der Waals surface area contributed by atoms with Crippen LogP contribution in [0.2, 0.25) is 0 Å². The molecule has 32 heavy (non-hydrogen) atoms. The minimum atomic E-state index is -2.04. The number of benzene rings is 1. The lowest BCUT2D eigenvalue weighted by Crippen LogP contribution is -2.85. The zero-order valence-corrected chi connectivity index (χ0v) is 20.1. The number of alkyl halides is 3. The van der Waals surface area contributed by atoms with Crippen LogP contribution in [0.3, 0.4) is 0 Å². The first-order valence-electron chi connectivity index (χ1n) is 9.35. The van der Waals surface area contributed by atoms with Crippen LogP contribution in [0, 0.1) is 0 Å². The maximum Gasteiger partial charge on any atom is 0.412 e. The van der Waals surface area contributed by atoms with Crippen LogP contribution in [0.4, 0.5) is 4.79 Å². The molecule has 1 aromatic rings. The van der Waals surface area contributed by atoms with Gasteiger partial charge in [0, 0.05) is 4.75 Å². The van der Waals surface area contributed by atoms with Gasteiger partial charge in [-0.3, -0.25) is 14.9 Å². The molecule has 0 unspecified atom stereocenters. The number of rotatable bonds is 8. The van der Waals surface area contributed by atoms with E-state index in [2.05, 4.69) is 10.6 Å². The number of carbonyl (C=O) groups is 4. The van der Waals surface area contributed by atoms with E-state index >= 15 is 0 Å². The van der Waals surface area contributed by atoms with Crippen molar-refractivity contribution in [2.45, 2.75) is 46.8 Å². The largest absolute Gasteiger partial charge is 0.459 e. The number of thioether (sulfide) groups is 1. The molecule has 0 aromatic heterocycles. The second-order valence-electron chi connectivity index (χ2n) is 7.64. The van der Waals surface area contributed by atoms with E-state index in [0.29, 0.717) is 0 Å². The summed E-state index contributed by atoms with van der Waals surface area (Å²) in [5.74, 6) is -1.75. The first-order chi connectivity index (χ1) is 15.0. The van der Waals surface area contributed by atoms with Gasteiger partial charge in [0.1, 0.15) is 18.0 Å². The van der Waals surface area contributed by atoms with Crippen LogP contribution in [-0.2, 0) is 30.5 Å². The average molecular weight is 525 g/mol. The summed E-state index contributed by atoms with van der Waals surface area (Å²) in [4.78, 5) is 50.8. The second-order valence-corrected chi connectivity index (χ2v) is 11.1. The number of alkyl carbamates (subject to hydrolysis) is 1. The molecule has 2 aliphatic heterocycles. The number of amides is 3. The molecule has 2 N–H and O–H groups in total. The molecule has 2 fully saturated rings. The highest BCUT2D eigenvalue weighted by Crippen LogP contribution is 2.54. The molecule has 2 heterocycles. The highest BCUT2D eigenvalue weighted by molar-refractivity contribution is 8.01. The van der Waals surface area contributed by atoms with Gasteiger partial charge in [-0.25, -0.2) is 9.59 Å². The third kappa shape index (κ3) is 4.59. The average Bonchev–Trinajstić information content (AvgIpc) is 3.01. The predicted octanol–water partition coefficient (Wildman–Crippen LogP) is 2.33. The van der Waals surface area contributed by atoms with Gasteiger partial charge < -0.3 is 19.7 Å². The summed E-state index contributed by atoms with van der Waals surface area (Å²) in [7, 11) is 0.